The Morgan fingerprint density at radius 2 is 1.89 bits per heavy atom. The predicted octanol–water partition coefficient (Wildman–Crippen LogP) is 2.89. The van der Waals surface area contributed by atoms with E-state index in [-0.39, 0.29) is 17.7 Å². The normalized spacial score (nSPS) is 13.1. The van der Waals surface area contributed by atoms with Gasteiger partial charge in [0, 0.05) is 13.1 Å². The van der Waals surface area contributed by atoms with E-state index in [1.807, 2.05) is 27.7 Å². The van der Waals surface area contributed by atoms with Crippen LogP contribution in [0.5, 0.6) is 0 Å². The molecule has 0 aliphatic carbocycles. The van der Waals surface area contributed by atoms with Crippen molar-refractivity contribution in [2.24, 2.45) is 5.92 Å². The average Bonchev–Trinajstić information content (AvgIpc) is 2.29. The Kier molecular flexibility index (Phi) is 5.48. The fourth-order valence-corrected chi connectivity index (χ4v) is 1.52. The minimum atomic E-state index is -0.456. The SMILES string of the molecule is C[C@H](CNCc1ccc(F)cc1)C(=O)OC(C)(C)C. The van der Waals surface area contributed by atoms with Gasteiger partial charge in [-0.2, -0.15) is 0 Å². The summed E-state index contributed by atoms with van der Waals surface area (Å²) in [5, 5.41) is 3.16. The van der Waals surface area contributed by atoms with Crippen LogP contribution in [0, 0.1) is 11.7 Å². The molecule has 0 amide bonds. The van der Waals surface area contributed by atoms with Crippen LogP contribution in [-0.4, -0.2) is 18.1 Å². The van der Waals surface area contributed by atoms with Gasteiger partial charge in [0.15, 0.2) is 0 Å². The fourth-order valence-electron chi connectivity index (χ4n) is 1.52. The van der Waals surface area contributed by atoms with Gasteiger partial charge in [0.05, 0.1) is 5.92 Å². The average molecular weight is 267 g/mol. The van der Waals surface area contributed by atoms with Gasteiger partial charge < -0.3 is 10.1 Å². The Bertz CT molecular complexity index is 409. The molecule has 19 heavy (non-hydrogen) atoms. The topological polar surface area (TPSA) is 38.3 Å². The van der Waals surface area contributed by atoms with Crippen molar-refractivity contribution in [2.45, 2.75) is 39.8 Å². The summed E-state index contributed by atoms with van der Waals surface area (Å²) < 4.78 is 18.0. The summed E-state index contributed by atoms with van der Waals surface area (Å²) in [6, 6.07) is 6.30. The highest BCUT2D eigenvalue weighted by atomic mass is 19.1. The number of rotatable bonds is 5. The van der Waals surface area contributed by atoms with Gasteiger partial charge in [-0.3, -0.25) is 4.79 Å². The van der Waals surface area contributed by atoms with Gasteiger partial charge in [-0.25, -0.2) is 4.39 Å². The molecule has 0 aliphatic heterocycles. The van der Waals surface area contributed by atoms with E-state index in [2.05, 4.69) is 5.32 Å². The zero-order valence-corrected chi connectivity index (χ0v) is 12.0. The number of halogens is 1. The molecule has 0 fully saturated rings. The van der Waals surface area contributed by atoms with Crippen molar-refractivity contribution < 1.29 is 13.9 Å². The van der Waals surface area contributed by atoms with Crippen LogP contribution in [0.3, 0.4) is 0 Å². The third kappa shape index (κ3) is 6.34. The summed E-state index contributed by atoms with van der Waals surface area (Å²) in [5.41, 5.74) is 0.528. The molecule has 0 aromatic heterocycles. The summed E-state index contributed by atoms with van der Waals surface area (Å²) in [4.78, 5) is 11.7. The maximum Gasteiger partial charge on any atom is 0.310 e. The first-order chi connectivity index (χ1) is 8.78. The molecule has 1 aromatic rings. The minimum Gasteiger partial charge on any atom is -0.460 e. The van der Waals surface area contributed by atoms with Crippen molar-refractivity contribution in [2.75, 3.05) is 6.54 Å². The lowest BCUT2D eigenvalue weighted by Gasteiger charge is -2.22. The third-order valence-electron chi connectivity index (χ3n) is 2.50. The van der Waals surface area contributed by atoms with Crippen LogP contribution >= 0.6 is 0 Å². The number of hydrogen-bond donors (Lipinski definition) is 1. The van der Waals surface area contributed by atoms with Gasteiger partial charge >= 0.3 is 5.97 Å². The first-order valence-corrected chi connectivity index (χ1v) is 6.46. The van der Waals surface area contributed by atoms with E-state index in [0.29, 0.717) is 13.1 Å². The maximum absolute atomic E-state index is 12.7. The van der Waals surface area contributed by atoms with Gasteiger partial charge in [-0.15, -0.1) is 0 Å². The van der Waals surface area contributed by atoms with Crippen LogP contribution in [0.25, 0.3) is 0 Å². The van der Waals surface area contributed by atoms with Gasteiger partial charge in [-0.05, 0) is 38.5 Å². The number of nitrogens with one attached hydrogen (secondary N) is 1. The molecule has 0 bridgehead atoms. The quantitative estimate of drug-likeness (QED) is 0.834. The summed E-state index contributed by atoms with van der Waals surface area (Å²) in [7, 11) is 0. The van der Waals surface area contributed by atoms with Crippen LogP contribution in [0.15, 0.2) is 24.3 Å². The number of hydrogen-bond acceptors (Lipinski definition) is 3. The van der Waals surface area contributed by atoms with Crippen molar-refractivity contribution in [1.82, 2.24) is 5.32 Å². The van der Waals surface area contributed by atoms with E-state index in [4.69, 9.17) is 4.74 Å². The summed E-state index contributed by atoms with van der Waals surface area (Å²) in [6.07, 6.45) is 0. The molecule has 3 nitrogen and oxygen atoms in total. The third-order valence-corrected chi connectivity index (χ3v) is 2.50. The second-order valence-electron chi connectivity index (χ2n) is 5.69. The molecule has 4 heteroatoms. The van der Waals surface area contributed by atoms with E-state index in [1.165, 1.54) is 12.1 Å². The summed E-state index contributed by atoms with van der Waals surface area (Å²) in [5.74, 6) is -0.662. The first kappa shape index (κ1) is 15.6. The summed E-state index contributed by atoms with van der Waals surface area (Å²) in [6.45, 7) is 8.52. The second kappa shape index (κ2) is 6.66. The van der Waals surface area contributed by atoms with E-state index >= 15 is 0 Å². The zero-order chi connectivity index (χ0) is 14.5. The van der Waals surface area contributed by atoms with Gasteiger partial charge in [-0.1, -0.05) is 19.1 Å². The largest absolute Gasteiger partial charge is 0.460 e. The fraction of sp³-hybridized carbons (Fsp3) is 0.533. The molecule has 0 saturated heterocycles. The molecule has 106 valence electrons. The van der Waals surface area contributed by atoms with E-state index in [9.17, 15) is 9.18 Å². The lowest BCUT2D eigenvalue weighted by Crippen LogP contribution is -2.32. The Labute approximate surface area is 114 Å². The van der Waals surface area contributed by atoms with Crippen molar-refractivity contribution in [3.63, 3.8) is 0 Å². The highest BCUT2D eigenvalue weighted by Crippen LogP contribution is 2.11. The smallest absolute Gasteiger partial charge is 0.310 e. The van der Waals surface area contributed by atoms with Crippen LogP contribution in [0.1, 0.15) is 33.3 Å². The number of carbonyl (C=O) groups excluding carboxylic acids is 1. The van der Waals surface area contributed by atoms with Crippen molar-refractivity contribution >= 4 is 5.97 Å². The standard InChI is InChI=1S/C15H22FNO2/c1-11(14(18)19-15(2,3)4)9-17-10-12-5-7-13(16)8-6-12/h5-8,11,17H,9-10H2,1-4H3/t11-/m1/s1. The van der Waals surface area contributed by atoms with E-state index in [0.717, 1.165) is 5.56 Å². The highest BCUT2D eigenvalue weighted by Gasteiger charge is 2.21. The van der Waals surface area contributed by atoms with Gasteiger partial charge in [0.2, 0.25) is 0 Å². The molecule has 1 aromatic carbocycles. The molecule has 1 rings (SSSR count). The predicted molar refractivity (Wildman–Crippen MR) is 73.1 cm³/mol. The van der Waals surface area contributed by atoms with Crippen LogP contribution in [0.2, 0.25) is 0 Å². The lowest BCUT2D eigenvalue weighted by atomic mass is 10.1. The second-order valence-corrected chi connectivity index (χ2v) is 5.69. The van der Waals surface area contributed by atoms with Crippen molar-refractivity contribution in [3.8, 4) is 0 Å². The monoisotopic (exact) mass is 267 g/mol. The number of ether oxygens (including phenoxy) is 1. The number of carbonyl (C=O) groups is 1. The van der Waals surface area contributed by atoms with E-state index in [1.54, 1.807) is 12.1 Å². The van der Waals surface area contributed by atoms with Gasteiger partial charge in [0.25, 0.3) is 0 Å². The Morgan fingerprint density at radius 1 is 1.32 bits per heavy atom. The molecule has 1 N–H and O–H groups in total. The molecule has 1 atom stereocenters. The Balaban J connectivity index is 2.32. The molecule has 0 spiro atoms. The lowest BCUT2D eigenvalue weighted by molar-refractivity contribution is -0.159. The summed E-state index contributed by atoms with van der Waals surface area (Å²) >= 11 is 0. The number of esters is 1. The molecule has 0 heterocycles. The highest BCUT2D eigenvalue weighted by molar-refractivity contribution is 5.72. The number of benzene rings is 1. The Morgan fingerprint density at radius 3 is 2.42 bits per heavy atom. The molecule has 0 radical (unpaired) electrons. The maximum atomic E-state index is 12.7. The molecule has 0 aliphatic rings. The van der Waals surface area contributed by atoms with Crippen molar-refractivity contribution in [3.05, 3.63) is 35.6 Å². The zero-order valence-electron chi connectivity index (χ0n) is 12.0. The first-order valence-electron chi connectivity index (χ1n) is 6.46. The van der Waals surface area contributed by atoms with Crippen LogP contribution in [-0.2, 0) is 16.1 Å². The minimum absolute atomic E-state index is 0.209. The molecule has 0 unspecified atom stereocenters. The van der Waals surface area contributed by atoms with Crippen LogP contribution in [0.4, 0.5) is 4.39 Å². The Hall–Kier alpha value is -1.42. The van der Waals surface area contributed by atoms with Crippen molar-refractivity contribution in [1.29, 1.82) is 0 Å². The molecular formula is C15H22FNO2. The molecular weight excluding hydrogens is 245 g/mol. The van der Waals surface area contributed by atoms with Gasteiger partial charge in [0.1, 0.15) is 11.4 Å². The van der Waals surface area contributed by atoms with Crippen LogP contribution < -0.4 is 5.32 Å². The molecule has 0 saturated carbocycles. The van der Waals surface area contributed by atoms with E-state index < -0.39 is 5.60 Å².